The van der Waals surface area contributed by atoms with Crippen LogP contribution in [0.15, 0.2) is 42.5 Å². The molecule has 0 saturated carbocycles. The van der Waals surface area contributed by atoms with Crippen molar-refractivity contribution in [2.24, 2.45) is 0 Å². The van der Waals surface area contributed by atoms with Gasteiger partial charge in [-0.05, 0) is 47.4 Å². The lowest BCUT2D eigenvalue weighted by Crippen LogP contribution is -2.32. The number of carbonyl (C=O) groups is 2. The van der Waals surface area contributed by atoms with Gasteiger partial charge in [-0.2, -0.15) is 0 Å². The molecule has 4 rings (SSSR count). The van der Waals surface area contributed by atoms with Gasteiger partial charge in [0.25, 0.3) is 5.91 Å². The number of hydrogen-bond donors (Lipinski definition) is 2. The van der Waals surface area contributed by atoms with E-state index in [-0.39, 0.29) is 17.1 Å². The molecule has 2 aliphatic rings. The van der Waals surface area contributed by atoms with Crippen molar-refractivity contribution in [3.8, 4) is 0 Å². The molecule has 0 radical (unpaired) electrons. The van der Waals surface area contributed by atoms with Crippen LogP contribution in [0.3, 0.4) is 0 Å². The van der Waals surface area contributed by atoms with E-state index < -0.39 is 0 Å². The molecule has 0 unspecified atom stereocenters. The highest BCUT2D eigenvalue weighted by Gasteiger charge is 2.27. The first-order valence-electron chi connectivity index (χ1n) is 8.14. The van der Waals surface area contributed by atoms with Gasteiger partial charge in [0.15, 0.2) is 0 Å². The number of carbonyl (C=O) groups excluding carboxylic acids is 2. The first-order chi connectivity index (χ1) is 11.7. The summed E-state index contributed by atoms with van der Waals surface area (Å²) in [4.78, 5) is 24.7. The van der Waals surface area contributed by atoms with Crippen molar-refractivity contribution in [1.29, 1.82) is 0 Å². The van der Waals surface area contributed by atoms with E-state index in [4.69, 9.17) is 0 Å². The zero-order chi connectivity index (χ0) is 16.5. The van der Waals surface area contributed by atoms with Gasteiger partial charge in [-0.25, -0.2) is 0 Å². The lowest BCUT2D eigenvalue weighted by Gasteiger charge is -2.24. The Kier molecular flexibility index (Phi) is 4.02. The summed E-state index contributed by atoms with van der Waals surface area (Å²) in [6.07, 6.45) is 1.84. The molecule has 2 aromatic rings. The van der Waals surface area contributed by atoms with Crippen molar-refractivity contribution in [3.63, 3.8) is 0 Å². The highest BCUT2D eigenvalue weighted by molar-refractivity contribution is 8.00. The molecular weight excluding hydrogens is 320 g/mol. The Morgan fingerprint density at radius 1 is 1.12 bits per heavy atom. The number of benzene rings is 2. The summed E-state index contributed by atoms with van der Waals surface area (Å²) in [5.41, 5.74) is 4.73. The number of anilines is 1. The van der Waals surface area contributed by atoms with Crippen LogP contribution < -0.4 is 10.6 Å². The number of fused-ring (bicyclic) bond motifs is 2. The standard InChI is InChI=1S/C19H18N2O2S/c22-18-16-11-14(6-5-13(16)7-9-20-18)21-19(23)17-15-4-2-1-3-12(15)8-10-24-17/h1-6,11,17H,7-10H2,(H,20,22)(H,21,23)/t17-/m1/s1. The Morgan fingerprint density at radius 2 is 2.00 bits per heavy atom. The first kappa shape index (κ1) is 15.3. The third kappa shape index (κ3) is 2.80. The molecule has 24 heavy (non-hydrogen) atoms. The van der Waals surface area contributed by atoms with Crippen LogP contribution in [0.25, 0.3) is 0 Å². The van der Waals surface area contributed by atoms with Crippen LogP contribution in [0.4, 0.5) is 5.69 Å². The van der Waals surface area contributed by atoms with Gasteiger partial charge in [0, 0.05) is 17.8 Å². The summed E-state index contributed by atoms with van der Waals surface area (Å²) in [6.45, 7) is 0.674. The normalized spacial score (nSPS) is 19.0. The number of aryl methyl sites for hydroxylation is 1. The smallest absolute Gasteiger partial charge is 0.251 e. The van der Waals surface area contributed by atoms with E-state index in [2.05, 4.69) is 16.7 Å². The molecule has 2 N–H and O–H groups in total. The van der Waals surface area contributed by atoms with Crippen LogP contribution in [0.5, 0.6) is 0 Å². The van der Waals surface area contributed by atoms with Gasteiger partial charge in [0.05, 0.1) is 0 Å². The number of rotatable bonds is 2. The molecule has 0 fully saturated rings. The molecule has 2 aromatic carbocycles. The average Bonchev–Trinajstić information content (AvgIpc) is 2.62. The van der Waals surface area contributed by atoms with E-state index in [9.17, 15) is 9.59 Å². The quantitative estimate of drug-likeness (QED) is 0.885. The van der Waals surface area contributed by atoms with E-state index in [1.54, 1.807) is 17.8 Å². The SMILES string of the molecule is O=C1NCCc2ccc(NC(=O)[C@@H]3SCCc4ccccc43)cc21. The fourth-order valence-electron chi connectivity index (χ4n) is 3.31. The molecule has 0 aromatic heterocycles. The molecule has 0 bridgehead atoms. The second-order valence-corrected chi connectivity index (χ2v) is 7.28. The summed E-state index contributed by atoms with van der Waals surface area (Å²) in [5, 5.41) is 5.63. The van der Waals surface area contributed by atoms with Gasteiger partial charge in [0.1, 0.15) is 5.25 Å². The summed E-state index contributed by atoms with van der Waals surface area (Å²) in [5.74, 6) is 0.856. The molecule has 1 atom stereocenters. The van der Waals surface area contributed by atoms with Gasteiger partial charge in [-0.1, -0.05) is 30.3 Å². The maximum Gasteiger partial charge on any atom is 0.251 e. The predicted octanol–water partition coefficient (Wildman–Crippen LogP) is 2.94. The number of hydrogen-bond acceptors (Lipinski definition) is 3. The summed E-state index contributed by atoms with van der Waals surface area (Å²) in [6, 6.07) is 13.7. The third-order valence-electron chi connectivity index (χ3n) is 4.53. The average molecular weight is 338 g/mol. The summed E-state index contributed by atoms with van der Waals surface area (Å²) < 4.78 is 0. The van der Waals surface area contributed by atoms with E-state index in [1.165, 1.54) is 5.56 Å². The predicted molar refractivity (Wildman–Crippen MR) is 96.5 cm³/mol. The first-order valence-corrected chi connectivity index (χ1v) is 9.18. The maximum atomic E-state index is 12.7. The van der Waals surface area contributed by atoms with Crippen molar-refractivity contribution in [3.05, 3.63) is 64.7 Å². The fourth-order valence-corrected chi connectivity index (χ4v) is 4.50. The Bertz CT molecular complexity index is 819. The lowest BCUT2D eigenvalue weighted by molar-refractivity contribution is -0.115. The molecule has 4 nitrogen and oxygen atoms in total. The van der Waals surface area contributed by atoms with Crippen LogP contribution >= 0.6 is 11.8 Å². The highest BCUT2D eigenvalue weighted by atomic mass is 32.2. The van der Waals surface area contributed by atoms with Crippen LogP contribution in [0, 0.1) is 0 Å². The second-order valence-electron chi connectivity index (χ2n) is 6.07. The topological polar surface area (TPSA) is 58.2 Å². The minimum Gasteiger partial charge on any atom is -0.352 e. The van der Waals surface area contributed by atoms with Gasteiger partial charge in [0.2, 0.25) is 5.91 Å². The number of amides is 2. The minimum absolute atomic E-state index is 0.0247. The van der Waals surface area contributed by atoms with Gasteiger partial charge < -0.3 is 10.6 Å². The van der Waals surface area contributed by atoms with E-state index >= 15 is 0 Å². The van der Waals surface area contributed by atoms with Crippen molar-refractivity contribution in [2.45, 2.75) is 18.1 Å². The highest BCUT2D eigenvalue weighted by Crippen LogP contribution is 2.37. The van der Waals surface area contributed by atoms with E-state index in [0.29, 0.717) is 17.8 Å². The minimum atomic E-state index is -0.195. The van der Waals surface area contributed by atoms with Crippen molar-refractivity contribution >= 4 is 29.3 Å². The fraction of sp³-hybridized carbons (Fsp3) is 0.263. The Balaban J connectivity index is 1.57. The zero-order valence-electron chi connectivity index (χ0n) is 13.2. The monoisotopic (exact) mass is 338 g/mol. The molecule has 5 heteroatoms. The Hall–Kier alpha value is -2.27. The lowest BCUT2D eigenvalue weighted by atomic mass is 9.99. The van der Waals surface area contributed by atoms with Crippen molar-refractivity contribution in [2.75, 3.05) is 17.6 Å². The second kappa shape index (κ2) is 6.32. The summed E-state index contributed by atoms with van der Waals surface area (Å²) in [7, 11) is 0. The van der Waals surface area contributed by atoms with Gasteiger partial charge in [-0.15, -0.1) is 11.8 Å². The van der Waals surface area contributed by atoms with E-state index in [1.807, 2.05) is 30.3 Å². The van der Waals surface area contributed by atoms with Gasteiger partial charge >= 0.3 is 0 Å². The molecule has 2 aliphatic heterocycles. The molecule has 2 amide bonds. The summed E-state index contributed by atoms with van der Waals surface area (Å²) >= 11 is 1.67. The molecular formula is C19H18N2O2S. The largest absolute Gasteiger partial charge is 0.352 e. The molecule has 0 spiro atoms. The molecule has 2 heterocycles. The van der Waals surface area contributed by atoms with Crippen molar-refractivity contribution in [1.82, 2.24) is 5.32 Å². The molecule has 0 aliphatic carbocycles. The Labute approximate surface area is 145 Å². The number of thioether (sulfide) groups is 1. The van der Waals surface area contributed by atoms with Crippen LogP contribution in [0.2, 0.25) is 0 Å². The van der Waals surface area contributed by atoms with Crippen LogP contribution in [0.1, 0.15) is 32.3 Å². The van der Waals surface area contributed by atoms with Crippen LogP contribution in [-0.2, 0) is 17.6 Å². The molecule has 122 valence electrons. The van der Waals surface area contributed by atoms with Gasteiger partial charge in [-0.3, -0.25) is 9.59 Å². The zero-order valence-corrected chi connectivity index (χ0v) is 14.0. The molecule has 0 saturated heterocycles. The third-order valence-corrected chi connectivity index (χ3v) is 5.77. The maximum absolute atomic E-state index is 12.7. The number of nitrogens with one attached hydrogen (secondary N) is 2. The van der Waals surface area contributed by atoms with E-state index in [0.717, 1.165) is 29.7 Å². The Morgan fingerprint density at radius 3 is 2.92 bits per heavy atom. The van der Waals surface area contributed by atoms with Crippen LogP contribution in [-0.4, -0.2) is 24.1 Å². The van der Waals surface area contributed by atoms with Crippen molar-refractivity contribution < 1.29 is 9.59 Å².